The lowest BCUT2D eigenvalue weighted by atomic mass is 10.1. The molecule has 1 heterocycles. The van der Waals surface area contributed by atoms with Gasteiger partial charge in [0.05, 0.1) is 25.5 Å². The number of para-hydroxylation sites is 2. The van der Waals surface area contributed by atoms with E-state index in [1.165, 1.54) is 14.2 Å². The van der Waals surface area contributed by atoms with Crippen molar-refractivity contribution in [2.24, 2.45) is 0 Å². The molecule has 0 spiro atoms. The summed E-state index contributed by atoms with van der Waals surface area (Å²) >= 11 is 0. The summed E-state index contributed by atoms with van der Waals surface area (Å²) < 4.78 is 15.7. The monoisotopic (exact) mass is 331 g/mol. The summed E-state index contributed by atoms with van der Waals surface area (Å²) in [5, 5.41) is 0. The van der Waals surface area contributed by atoms with Crippen molar-refractivity contribution < 1.29 is 23.8 Å². The number of rotatable bonds is 6. The number of benzene rings is 1. The molecular weight excluding hydrogens is 310 g/mol. The molecule has 1 atom stereocenters. The van der Waals surface area contributed by atoms with E-state index in [-0.39, 0.29) is 5.78 Å². The van der Waals surface area contributed by atoms with Crippen molar-refractivity contribution in [3.05, 3.63) is 46.8 Å². The van der Waals surface area contributed by atoms with Gasteiger partial charge in [0.25, 0.3) is 0 Å². The van der Waals surface area contributed by atoms with Gasteiger partial charge in [-0.15, -0.1) is 0 Å². The van der Waals surface area contributed by atoms with Crippen LogP contribution in [0.25, 0.3) is 0 Å². The maximum Gasteiger partial charge on any atom is 0.339 e. The van der Waals surface area contributed by atoms with Gasteiger partial charge in [-0.25, -0.2) is 4.79 Å². The summed E-state index contributed by atoms with van der Waals surface area (Å²) in [5.74, 6) is 0.303. The van der Waals surface area contributed by atoms with E-state index in [1.807, 2.05) is 6.07 Å². The summed E-state index contributed by atoms with van der Waals surface area (Å²) in [7, 11) is 2.85. The molecule has 0 saturated carbocycles. The zero-order valence-corrected chi connectivity index (χ0v) is 14.4. The summed E-state index contributed by atoms with van der Waals surface area (Å²) in [5.41, 5.74) is 1.87. The highest BCUT2D eigenvalue weighted by Gasteiger charge is 2.26. The number of carbonyl (C=O) groups is 2. The number of methoxy groups -OCH3 is 2. The van der Waals surface area contributed by atoms with Gasteiger partial charge in [0.15, 0.2) is 17.6 Å². The predicted octanol–water partition coefficient (Wildman–Crippen LogP) is 3.08. The van der Waals surface area contributed by atoms with Crippen LogP contribution in [0.2, 0.25) is 0 Å². The Morgan fingerprint density at radius 3 is 2.29 bits per heavy atom. The molecule has 24 heavy (non-hydrogen) atoms. The number of Topliss-reactive ketones (excluding diaryl/α,β-unsaturated/α-hetero) is 1. The average molecular weight is 331 g/mol. The number of hydrogen-bond donors (Lipinski definition) is 1. The van der Waals surface area contributed by atoms with Crippen LogP contribution in [-0.2, 0) is 4.74 Å². The fourth-order valence-electron chi connectivity index (χ4n) is 2.57. The van der Waals surface area contributed by atoms with Gasteiger partial charge < -0.3 is 19.2 Å². The van der Waals surface area contributed by atoms with Crippen molar-refractivity contribution in [3.63, 3.8) is 0 Å². The lowest BCUT2D eigenvalue weighted by molar-refractivity contribution is 0.0599. The van der Waals surface area contributed by atoms with E-state index in [4.69, 9.17) is 14.2 Å². The van der Waals surface area contributed by atoms with Crippen molar-refractivity contribution in [2.75, 3.05) is 14.2 Å². The van der Waals surface area contributed by atoms with Crippen LogP contribution in [-0.4, -0.2) is 37.1 Å². The number of H-pyrrole nitrogens is 1. The summed E-state index contributed by atoms with van der Waals surface area (Å²) in [6.07, 6.45) is -0.747. The highest BCUT2D eigenvalue weighted by Crippen LogP contribution is 2.28. The Bertz CT molecular complexity index is 763. The Kier molecular flexibility index (Phi) is 5.28. The van der Waals surface area contributed by atoms with E-state index in [9.17, 15) is 9.59 Å². The molecule has 0 fully saturated rings. The van der Waals surface area contributed by atoms with E-state index in [2.05, 4.69) is 4.98 Å². The minimum atomic E-state index is -0.747. The Hall–Kier alpha value is -2.76. The molecule has 6 heteroatoms. The second kappa shape index (κ2) is 7.21. The van der Waals surface area contributed by atoms with Gasteiger partial charge in [-0.1, -0.05) is 12.1 Å². The lowest BCUT2D eigenvalue weighted by Gasteiger charge is -2.15. The number of esters is 1. The quantitative estimate of drug-likeness (QED) is 0.650. The number of aromatic nitrogens is 1. The number of nitrogens with one attached hydrogen (secondary N) is 1. The number of carbonyl (C=O) groups excluding carboxylic acids is 2. The van der Waals surface area contributed by atoms with Crippen LogP contribution in [0.3, 0.4) is 0 Å². The first-order valence-electron chi connectivity index (χ1n) is 7.52. The molecule has 2 rings (SSSR count). The van der Waals surface area contributed by atoms with Crippen LogP contribution in [0.4, 0.5) is 0 Å². The molecule has 0 aliphatic carbocycles. The number of aryl methyl sites for hydroxylation is 1. The number of hydrogen-bond acceptors (Lipinski definition) is 5. The third-order valence-electron chi connectivity index (χ3n) is 3.82. The minimum Gasteiger partial charge on any atom is -0.493 e. The molecule has 0 amide bonds. The fourth-order valence-corrected chi connectivity index (χ4v) is 2.57. The molecule has 0 bridgehead atoms. The molecule has 1 unspecified atom stereocenters. The highest BCUT2D eigenvalue weighted by atomic mass is 16.5. The van der Waals surface area contributed by atoms with Crippen LogP contribution in [0.5, 0.6) is 11.5 Å². The van der Waals surface area contributed by atoms with E-state index < -0.39 is 12.1 Å². The third-order valence-corrected chi connectivity index (χ3v) is 3.82. The topological polar surface area (TPSA) is 77.6 Å². The van der Waals surface area contributed by atoms with Gasteiger partial charge in [-0.05, 0) is 38.5 Å². The molecule has 0 aliphatic rings. The largest absolute Gasteiger partial charge is 0.493 e. The van der Waals surface area contributed by atoms with E-state index in [0.717, 1.165) is 0 Å². The molecule has 2 aromatic rings. The summed E-state index contributed by atoms with van der Waals surface area (Å²) in [6.45, 7) is 5.09. The van der Waals surface area contributed by atoms with Gasteiger partial charge in [0.2, 0.25) is 5.78 Å². The zero-order valence-electron chi connectivity index (χ0n) is 14.4. The fraction of sp³-hybridized carbons (Fsp3) is 0.333. The van der Waals surface area contributed by atoms with Crippen molar-refractivity contribution in [1.29, 1.82) is 0 Å². The molecular formula is C18H21NO5. The van der Waals surface area contributed by atoms with Gasteiger partial charge in [0.1, 0.15) is 0 Å². The predicted molar refractivity (Wildman–Crippen MR) is 89.0 cm³/mol. The van der Waals surface area contributed by atoms with Crippen LogP contribution < -0.4 is 9.47 Å². The lowest BCUT2D eigenvalue weighted by Crippen LogP contribution is -2.25. The molecule has 1 aromatic heterocycles. The molecule has 0 aliphatic heterocycles. The van der Waals surface area contributed by atoms with Crippen LogP contribution in [0, 0.1) is 13.8 Å². The van der Waals surface area contributed by atoms with E-state index in [1.54, 1.807) is 39.0 Å². The maximum absolute atomic E-state index is 12.7. The first-order chi connectivity index (χ1) is 11.4. The molecule has 0 radical (unpaired) electrons. The van der Waals surface area contributed by atoms with Crippen molar-refractivity contribution in [3.8, 4) is 11.5 Å². The normalized spacial score (nSPS) is 11.7. The number of aromatic amines is 1. The second-order valence-electron chi connectivity index (χ2n) is 5.39. The van der Waals surface area contributed by atoms with Gasteiger partial charge in [-0.2, -0.15) is 0 Å². The molecule has 1 N–H and O–H groups in total. The maximum atomic E-state index is 12.7. The SMILES string of the molecule is COC(=O)c1c(C)[nH]c(C(=O)C(C)Oc2ccccc2OC)c1C. The van der Waals surface area contributed by atoms with E-state index >= 15 is 0 Å². The van der Waals surface area contributed by atoms with Gasteiger partial charge in [0, 0.05) is 5.69 Å². The van der Waals surface area contributed by atoms with Crippen molar-refractivity contribution in [1.82, 2.24) is 4.98 Å². The number of ketones is 1. The summed E-state index contributed by atoms with van der Waals surface area (Å²) in [4.78, 5) is 27.5. The van der Waals surface area contributed by atoms with Crippen molar-refractivity contribution >= 4 is 11.8 Å². The molecule has 128 valence electrons. The second-order valence-corrected chi connectivity index (χ2v) is 5.39. The molecule has 6 nitrogen and oxygen atoms in total. The van der Waals surface area contributed by atoms with Crippen molar-refractivity contribution in [2.45, 2.75) is 26.9 Å². The molecule has 1 aromatic carbocycles. The third kappa shape index (κ3) is 3.27. The van der Waals surface area contributed by atoms with E-state index in [0.29, 0.717) is 34.0 Å². The Morgan fingerprint density at radius 2 is 1.71 bits per heavy atom. The smallest absolute Gasteiger partial charge is 0.339 e. The number of ether oxygens (including phenoxy) is 3. The van der Waals surface area contributed by atoms with Crippen LogP contribution >= 0.6 is 0 Å². The minimum absolute atomic E-state index is 0.253. The Labute approximate surface area is 140 Å². The molecule has 0 saturated heterocycles. The van der Waals surface area contributed by atoms with Gasteiger partial charge in [-0.3, -0.25) is 4.79 Å². The Balaban J connectivity index is 2.27. The zero-order chi connectivity index (χ0) is 17.9. The first-order valence-corrected chi connectivity index (χ1v) is 7.52. The standard InChI is InChI=1S/C18H21NO5/c1-10-15(18(21)23-5)11(2)19-16(10)17(20)12(3)24-14-9-7-6-8-13(14)22-4/h6-9,12,19H,1-5H3. The van der Waals surface area contributed by atoms with Crippen LogP contribution in [0.15, 0.2) is 24.3 Å². The van der Waals surface area contributed by atoms with Gasteiger partial charge >= 0.3 is 5.97 Å². The first kappa shape index (κ1) is 17.6. The Morgan fingerprint density at radius 1 is 1.08 bits per heavy atom. The van der Waals surface area contributed by atoms with Crippen LogP contribution in [0.1, 0.15) is 39.0 Å². The summed E-state index contributed by atoms with van der Waals surface area (Å²) in [6, 6.07) is 7.11. The average Bonchev–Trinajstić information content (AvgIpc) is 2.88. The highest BCUT2D eigenvalue weighted by molar-refractivity contribution is 6.03.